The first-order valence-electron chi connectivity index (χ1n) is 8.34. The van der Waals surface area contributed by atoms with Crippen molar-refractivity contribution < 1.29 is 18.0 Å². The van der Waals surface area contributed by atoms with Gasteiger partial charge in [-0.25, -0.2) is 13.4 Å². The second-order valence-corrected chi connectivity index (χ2v) is 8.74. The molecule has 1 aliphatic heterocycles. The Labute approximate surface area is 165 Å². The van der Waals surface area contributed by atoms with E-state index in [1.165, 1.54) is 5.01 Å². The summed E-state index contributed by atoms with van der Waals surface area (Å²) in [6, 6.07) is 9.62. The number of aromatic nitrogens is 2. The Hall–Kier alpha value is -2.86. The molecule has 0 bridgehead atoms. The molecule has 10 nitrogen and oxygen atoms in total. The fourth-order valence-corrected chi connectivity index (χ4v) is 3.97. The van der Waals surface area contributed by atoms with Crippen molar-refractivity contribution in [3.63, 3.8) is 0 Å². The normalized spacial score (nSPS) is 13.9. The van der Waals surface area contributed by atoms with Crippen LogP contribution in [0.3, 0.4) is 0 Å². The van der Waals surface area contributed by atoms with Crippen molar-refractivity contribution in [3.8, 4) is 0 Å². The second kappa shape index (κ2) is 8.44. The van der Waals surface area contributed by atoms with Crippen molar-refractivity contribution in [2.24, 2.45) is 5.10 Å². The molecule has 1 aromatic carbocycles. The van der Waals surface area contributed by atoms with Gasteiger partial charge in [-0.05, 0) is 5.56 Å². The Morgan fingerprint density at radius 3 is 2.57 bits per heavy atom. The van der Waals surface area contributed by atoms with Crippen LogP contribution in [-0.4, -0.2) is 54.0 Å². The smallest absolute Gasteiger partial charge is 0.243 e. The summed E-state index contributed by atoms with van der Waals surface area (Å²) in [5.41, 5.74) is 1.82. The van der Waals surface area contributed by atoms with Gasteiger partial charge in [0, 0.05) is 19.3 Å². The molecule has 0 unspecified atom stereocenters. The van der Waals surface area contributed by atoms with E-state index in [1.54, 1.807) is 0 Å². The standard InChI is InChI=1S/C16H18N6O4S2/c1-28(25,26)21-16-19-18-15(27-16)17-13(23)7-8-14(24)22-10-9-12(20-22)11-5-3-2-4-6-11/h2-6H,7-10H2,1H3,(H,19,21)(H,17,18,23). The first-order valence-corrected chi connectivity index (χ1v) is 11.1. The molecule has 0 aliphatic carbocycles. The highest BCUT2D eigenvalue weighted by molar-refractivity contribution is 7.92. The number of amides is 2. The van der Waals surface area contributed by atoms with Gasteiger partial charge >= 0.3 is 0 Å². The number of hydrazone groups is 1. The van der Waals surface area contributed by atoms with Gasteiger partial charge in [-0.3, -0.25) is 14.3 Å². The van der Waals surface area contributed by atoms with Crippen LogP contribution in [0, 0.1) is 0 Å². The summed E-state index contributed by atoms with van der Waals surface area (Å²) in [4.78, 5) is 24.3. The minimum absolute atomic E-state index is 0.00462. The van der Waals surface area contributed by atoms with Crippen LogP contribution < -0.4 is 10.0 Å². The van der Waals surface area contributed by atoms with Gasteiger partial charge in [0.2, 0.25) is 32.1 Å². The molecule has 2 heterocycles. The lowest BCUT2D eigenvalue weighted by molar-refractivity contribution is -0.132. The number of sulfonamides is 1. The summed E-state index contributed by atoms with van der Waals surface area (Å²) >= 11 is 0.884. The Bertz CT molecular complexity index is 1000. The van der Waals surface area contributed by atoms with E-state index in [1.807, 2.05) is 30.3 Å². The van der Waals surface area contributed by atoms with Crippen LogP contribution in [-0.2, 0) is 19.6 Å². The monoisotopic (exact) mass is 422 g/mol. The first kappa shape index (κ1) is 19.9. The molecule has 0 radical (unpaired) electrons. The maximum absolute atomic E-state index is 12.3. The van der Waals surface area contributed by atoms with Crippen molar-refractivity contribution in [2.45, 2.75) is 19.3 Å². The molecule has 28 heavy (non-hydrogen) atoms. The first-order chi connectivity index (χ1) is 13.3. The molecule has 12 heteroatoms. The summed E-state index contributed by atoms with van der Waals surface area (Å²) in [5.74, 6) is -0.653. The van der Waals surface area contributed by atoms with Crippen LogP contribution in [0.4, 0.5) is 10.3 Å². The van der Waals surface area contributed by atoms with E-state index in [0.29, 0.717) is 13.0 Å². The number of nitrogens with zero attached hydrogens (tertiary/aromatic N) is 4. The molecule has 3 rings (SSSR count). The van der Waals surface area contributed by atoms with E-state index in [-0.39, 0.29) is 29.0 Å². The van der Waals surface area contributed by atoms with Gasteiger partial charge in [0.1, 0.15) is 0 Å². The maximum atomic E-state index is 12.3. The summed E-state index contributed by atoms with van der Waals surface area (Å²) in [7, 11) is -3.47. The number of rotatable bonds is 7. The van der Waals surface area contributed by atoms with E-state index >= 15 is 0 Å². The number of anilines is 2. The highest BCUT2D eigenvalue weighted by Crippen LogP contribution is 2.21. The van der Waals surface area contributed by atoms with Gasteiger partial charge < -0.3 is 5.32 Å². The zero-order chi connectivity index (χ0) is 20.1. The molecule has 0 fully saturated rings. The summed E-state index contributed by atoms with van der Waals surface area (Å²) in [5, 5.41) is 15.7. The lowest BCUT2D eigenvalue weighted by Gasteiger charge is -2.10. The Morgan fingerprint density at radius 1 is 1.14 bits per heavy atom. The van der Waals surface area contributed by atoms with Crippen molar-refractivity contribution in [1.82, 2.24) is 15.2 Å². The van der Waals surface area contributed by atoms with Gasteiger partial charge in [0.15, 0.2) is 0 Å². The highest BCUT2D eigenvalue weighted by atomic mass is 32.2. The van der Waals surface area contributed by atoms with E-state index in [9.17, 15) is 18.0 Å². The fourth-order valence-electron chi connectivity index (χ4n) is 2.48. The second-order valence-electron chi connectivity index (χ2n) is 6.01. The van der Waals surface area contributed by atoms with Gasteiger partial charge in [-0.2, -0.15) is 5.10 Å². The Morgan fingerprint density at radius 2 is 1.86 bits per heavy atom. The minimum Gasteiger partial charge on any atom is -0.300 e. The quantitative estimate of drug-likeness (QED) is 0.690. The van der Waals surface area contributed by atoms with Gasteiger partial charge in [-0.15, -0.1) is 10.2 Å². The molecule has 1 aliphatic rings. The zero-order valence-corrected chi connectivity index (χ0v) is 16.6. The number of nitrogens with one attached hydrogen (secondary N) is 2. The average Bonchev–Trinajstić information content (AvgIpc) is 3.29. The van der Waals surface area contributed by atoms with Gasteiger partial charge in [0.25, 0.3) is 0 Å². The number of carbonyl (C=O) groups excluding carboxylic acids is 2. The highest BCUT2D eigenvalue weighted by Gasteiger charge is 2.22. The molecule has 2 N–H and O–H groups in total. The van der Waals surface area contributed by atoms with Crippen LogP contribution in [0.25, 0.3) is 0 Å². The van der Waals surface area contributed by atoms with Crippen LogP contribution in [0.5, 0.6) is 0 Å². The summed E-state index contributed by atoms with van der Waals surface area (Å²) in [6.07, 6.45) is 1.62. The van der Waals surface area contributed by atoms with E-state index in [0.717, 1.165) is 28.9 Å². The van der Waals surface area contributed by atoms with E-state index in [2.05, 4.69) is 25.3 Å². The van der Waals surface area contributed by atoms with Crippen LogP contribution >= 0.6 is 11.3 Å². The topological polar surface area (TPSA) is 134 Å². The lowest BCUT2D eigenvalue weighted by atomic mass is 10.1. The molecule has 0 atom stereocenters. The molecule has 0 saturated carbocycles. The van der Waals surface area contributed by atoms with Crippen molar-refractivity contribution >= 4 is 49.1 Å². The number of hydrogen-bond acceptors (Lipinski definition) is 8. The predicted molar refractivity (Wildman–Crippen MR) is 106 cm³/mol. The molecule has 0 saturated heterocycles. The number of benzene rings is 1. The molecule has 2 amide bonds. The predicted octanol–water partition coefficient (Wildman–Crippen LogP) is 1.26. The molecule has 0 spiro atoms. The summed E-state index contributed by atoms with van der Waals surface area (Å²) < 4.78 is 24.4. The Kier molecular flexibility index (Phi) is 5.99. The largest absolute Gasteiger partial charge is 0.300 e. The maximum Gasteiger partial charge on any atom is 0.243 e. The van der Waals surface area contributed by atoms with E-state index in [4.69, 9.17) is 0 Å². The van der Waals surface area contributed by atoms with Crippen molar-refractivity contribution in [2.75, 3.05) is 22.8 Å². The SMILES string of the molecule is CS(=O)(=O)Nc1nnc(NC(=O)CCC(=O)N2CCC(c3ccccc3)=N2)s1. The summed E-state index contributed by atoms with van der Waals surface area (Å²) in [6.45, 7) is 0.488. The van der Waals surface area contributed by atoms with E-state index < -0.39 is 15.9 Å². The van der Waals surface area contributed by atoms with Gasteiger partial charge in [-0.1, -0.05) is 41.7 Å². The molecule has 148 valence electrons. The van der Waals surface area contributed by atoms with Crippen LogP contribution in [0.2, 0.25) is 0 Å². The minimum atomic E-state index is -3.47. The third kappa shape index (κ3) is 5.57. The average molecular weight is 422 g/mol. The van der Waals surface area contributed by atoms with Crippen molar-refractivity contribution in [3.05, 3.63) is 35.9 Å². The van der Waals surface area contributed by atoms with Crippen LogP contribution in [0.15, 0.2) is 35.4 Å². The Balaban J connectivity index is 1.48. The molecular weight excluding hydrogens is 404 g/mol. The van der Waals surface area contributed by atoms with Crippen molar-refractivity contribution in [1.29, 1.82) is 0 Å². The third-order valence-electron chi connectivity index (χ3n) is 3.71. The zero-order valence-electron chi connectivity index (χ0n) is 15.0. The molecule has 2 aromatic rings. The number of hydrogen-bond donors (Lipinski definition) is 2. The molecule has 1 aromatic heterocycles. The number of carbonyl (C=O) groups is 2. The lowest BCUT2D eigenvalue weighted by Crippen LogP contribution is -2.24. The third-order valence-corrected chi connectivity index (χ3v) is 5.15. The molecular formula is C16H18N6O4S2. The van der Waals surface area contributed by atoms with Crippen LogP contribution in [0.1, 0.15) is 24.8 Å². The fraction of sp³-hybridized carbons (Fsp3) is 0.312. The van der Waals surface area contributed by atoms with Gasteiger partial charge in [0.05, 0.1) is 18.5 Å².